The summed E-state index contributed by atoms with van der Waals surface area (Å²) in [5, 5.41) is 22.5. The molecule has 1 saturated heterocycles. The van der Waals surface area contributed by atoms with Crippen molar-refractivity contribution in [2.45, 2.75) is 12.3 Å². The van der Waals surface area contributed by atoms with E-state index >= 15 is 0 Å². The second-order valence-corrected chi connectivity index (χ2v) is 4.38. The second kappa shape index (κ2) is 5.09. The van der Waals surface area contributed by atoms with Gasteiger partial charge in [0.25, 0.3) is 5.69 Å². The molecule has 0 spiro atoms. The van der Waals surface area contributed by atoms with E-state index in [2.05, 4.69) is 5.32 Å². The average Bonchev–Trinajstić information content (AvgIpc) is 2.37. The molecule has 1 N–H and O–H groups in total. The first-order valence-electron chi connectivity index (χ1n) is 5.39. The zero-order valence-corrected chi connectivity index (χ0v) is 10.4. The smallest absolute Gasteiger partial charge is 0.273 e. The number of hydrogen-bond acceptors (Lipinski definition) is 4. The van der Waals surface area contributed by atoms with Crippen LogP contribution in [0.3, 0.4) is 0 Å². The minimum atomic E-state index is -0.659. The molecule has 0 bridgehead atoms. The van der Waals surface area contributed by atoms with Crippen LogP contribution >= 0.6 is 12.2 Å². The Morgan fingerprint density at radius 3 is 2.79 bits per heavy atom. The van der Waals surface area contributed by atoms with Gasteiger partial charge in [0.05, 0.1) is 4.92 Å². The molecule has 1 heterocycles. The Morgan fingerprint density at radius 2 is 2.16 bits per heavy atom. The number of benzene rings is 1. The fourth-order valence-electron chi connectivity index (χ4n) is 2.03. The van der Waals surface area contributed by atoms with Crippen molar-refractivity contribution in [2.75, 3.05) is 0 Å². The summed E-state index contributed by atoms with van der Waals surface area (Å²) >= 11 is 4.93. The van der Waals surface area contributed by atoms with E-state index in [0.717, 1.165) is 0 Å². The summed E-state index contributed by atoms with van der Waals surface area (Å²) in [7, 11) is 0. The minimum Gasteiger partial charge on any atom is -0.763 e. The van der Waals surface area contributed by atoms with Crippen LogP contribution in [0.25, 0.3) is 5.41 Å². The van der Waals surface area contributed by atoms with Crippen LogP contribution in [-0.2, 0) is 4.79 Å². The largest absolute Gasteiger partial charge is 0.763 e. The number of hydrogen-bond donors (Lipinski definition) is 1. The van der Waals surface area contributed by atoms with E-state index in [0.29, 0.717) is 5.56 Å². The second-order valence-electron chi connectivity index (χ2n) is 3.98. The highest BCUT2D eigenvalue weighted by Crippen LogP contribution is 2.35. The van der Waals surface area contributed by atoms with Crippen molar-refractivity contribution >= 4 is 34.7 Å². The summed E-state index contributed by atoms with van der Waals surface area (Å²) in [6.07, 6.45) is -0.0200. The Morgan fingerprint density at radius 1 is 1.47 bits per heavy atom. The predicted octanol–water partition coefficient (Wildman–Crippen LogP) is 1.69. The topological polar surface area (TPSA) is 94.5 Å². The van der Waals surface area contributed by atoms with Gasteiger partial charge in [0.1, 0.15) is 4.99 Å². The third kappa shape index (κ3) is 2.42. The number of rotatable bonds is 2. The van der Waals surface area contributed by atoms with Gasteiger partial charge in [-0.25, -0.2) is 0 Å². The quantitative estimate of drug-likeness (QED) is 0.292. The van der Waals surface area contributed by atoms with Gasteiger partial charge in [-0.2, -0.15) is 0 Å². The lowest BCUT2D eigenvalue weighted by Crippen LogP contribution is -2.39. The summed E-state index contributed by atoms with van der Waals surface area (Å²) < 4.78 is 0. The van der Waals surface area contributed by atoms with Crippen molar-refractivity contribution in [3.63, 3.8) is 0 Å². The summed E-state index contributed by atoms with van der Waals surface area (Å²) in [6.45, 7) is 0. The van der Waals surface area contributed by atoms with Gasteiger partial charge < -0.3 is 10.7 Å². The van der Waals surface area contributed by atoms with Crippen molar-refractivity contribution < 1.29 is 9.72 Å². The lowest BCUT2D eigenvalue weighted by Gasteiger charge is -2.25. The van der Waals surface area contributed by atoms with Gasteiger partial charge >= 0.3 is 0 Å². The Bertz CT molecular complexity index is 635. The van der Waals surface area contributed by atoms with Gasteiger partial charge in [0, 0.05) is 29.5 Å². The summed E-state index contributed by atoms with van der Waals surface area (Å²) in [4.78, 5) is 22.0. The molecule has 19 heavy (non-hydrogen) atoms. The van der Waals surface area contributed by atoms with E-state index in [1.165, 1.54) is 12.1 Å². The first-order chi connectivity index (χ1) is 9.04. The molecular weight excluding hydrogens is 266 g/mol. The number of thiocarbonyl (C=S) groups is 1. The van der Waals surface area contributed by atoms with Gasteiger partial charge in [0.15, 0.2) is 0 Å². The number of carbonyl (C=O) groups excluding carboxylic acids is 1. The fraction of sp³-hybridized carbons (Fsp3) is 0.167. The number of para-hydroxylation sites is 1. The van der Waals surface area contributed by atoms with Crippen LogP contribution in [0.2, 0.25) is 0 Å². The number of carbonyl (C=O) groups is 1. The normalized spacial score (nSPS) is 18.7. The highest BCUT2D eigenvalue weighted by molar-refractivity contribution is 7.80. The standard InChI is InChI=1S/C12H8N3O3S/c13-6-9-8(5-11(16)14-12(9)19)7-3-1-2-4-10(7)15(17)18/h1-4,8H,5H2,(H,14,16,19)/q-1/t8-/m1/s1. The van der Waals surface area contributed by atoms with Gasteiger partial charge in [-0.15, -0.1) is 0 Å². The SMILES string of the molecule is [N-]=C=C1C(=S)NC(=O)C[C@@H]1c1ccccc1[N+](=O)[O-]. The molecule has 1 aromatic carbocycles. The van der Waals surface area contributed by atoms with Crippen LogP contribution in [0.5, 0.6) is 0 Å². The molecule has 0 unspecified atom stereocenters. The third-order valence-corrected chi connectivity index (χ3v) is 3.19. The summed E-state index contributed by atoms with van der Waals surface area (Å²) in [5.74, 6) is 0.927. The van der Waals surface area contributed by atoms with Crippen LogP contribution in [0, 0.1) is 10.1 Å². The zero-order valence-electron chi connectivity index (χ0n) is 9.62. The third-order valence-electron chi connectivity index (χ3n) is 2.86. The maximum absolute atomic E-state index is 11.5. The number of nitrogens with one attached hydrogen (secondary N) is 1. The molecule has 7 heteroatoms. The number of nitrogens with zero attached hydrogens (tertiary/aromatic N) is 2. The van der Waals surface area contributed by atoms with E-state index in [1.54, 1.807) is 12.1 Å². The van der Waals surface area contributed by atoms with Gasteiger partial charge in [-0.1, -0.05) is 30.4 Å². The molecule has 0 aliphatic carbocycles. The van der Waals surface area contributed by atoms with Crippen molar-refractivity contribution in [2.24, 2.45) is 0 Å². The van der Waals surface area contributed by atoms with Crippen molar-refractivity contribution in [3.05, 3.63) is 50.9 Å². The van der Waals surface area contributed by atoms with Gasteiger partial charge in [0.2, 0.25) is 5.91 Å². The predicted molar refractivity (Wildman–Crippen MR) is 73.1 cm³/mol. The summed E-state index contributed by atoms with van der Waals surface area (Å²) in [5.41, 5.74) is 0.405. The molecule has 1 amide bonds. The van der Waals surface area contributed by atoms with Crippen LogP contribution < -0.4 is 5.32 Å². The van der Waals surface area contributed by atoms with Crippen molar-refractivity contribution in [3.8, 4) is 0 Å². The molecule has 0 radical (unpaired) electrons. The first kappa shape index (κ1) is 13.1. The van der Waals surface area contributed by atoms with Crippen molar-refractivity contribution in [1.29, 1.82) is 0 Å². The lowest BCUT2D eigenvalue weighted by molar-refractivity contribution is -0.385. The van der Waals surface area contributed by atoms with E-state index in [-0.39, 0.29) is 28.6 Å². The van der Waals surface area contributed by atoms with Crippen LogP contribution in [0.4, 0.5) is 5.69 Å². The number of amides is 1. The molecule has 1 atom stereocenters. The van der Waals surface area contributed by atoms with E-state index < -0.39 is 10.8 Å². The molecule has 2 rings (SSSR count). The Hall–Kier alpha value is -2.37. The van der Waals surface area contributed by atoms with Gasteiger partial charge in [-0.05, 0) is 0 Å². The number of piperidine rings is 1. The lowest BCUT2D eigenvalue weighted by atomic mass is 9.85. The molecule has 1 fully saturated rings. The van der Waals surface area contributed by atoms with E-state index in [1.807, 2.05) is 5.87 Å². The molecule has 0 saturated carbocycles. The monoisotopic (exact) mass is 274 g/mol. The molecule has 1 aliphatic rings. The Kier molecular flexibility index (Phi) is 3.50. The number of nitro groups is 1. The Labute approximate surface area is 113 Å². The zero-order chi connectivity index (χ0) is 14.0. The minimum absolute atomic E-state index is 0.0200. The molecule has 96 valence electrons. The number of nitro benzene ring substituents is 1. The first-order valence-corrected chi connectivity index (χ1v) is 5.80. The maximum atomic E-state index is 11.5. The summed E-state index contributed by atoms with van der Waals surface area (Å²) in [6, 6.07) is 6.06. The van der Waals surface area contributed by atoms with E-state index in [4.69, 9.17) is 17.6 Å². The van der Waals surface area contributed by atoms with Gasteiger partial charge in [-0.3, -0.25) is 20.8 Å². The molecule has 1 aromatic rings. The molecule has 1 aliphatic heterocycles. The average molecular weight is 274 g/mol. The van der Waals surface area contributed by atoms with Crippen LogP contribution in [-0.4, -0.2) is 21.7 Å². The highest BCUT2D eigenvalue weighted by Gasteiger charge is 2.32. The van der Waals surface area contributed by atoms with Crippen molar-refractivity contribution in [1.82, 2.24) is 5.32 Å². The highest BCUT2D eigenvalue weighted by atomic mass is 32.1. The van der Waals surface area contributed by atoms with Crippen LogP contribution in [0.15, 0.2) is 29.8 Å². The molecule has 0 aromatic heterocycles. The Balaban J connectivity index is 2.56. The molecular formula is C12H8N3O3S-. The fourth-order valence-corrected chi connectivity index (χ4v) is 2.34. The molecule has 6 nitrogen and oxygen atoms in total. The van der Waals surface area contributed by atoms with Crippen LogP contribution in [0.1, 0.15) is 17.9 Å². The maximum Gasteiger partial charge on any atom is 0.273 e. The van der Waals surface area contributed by atoms with E-state index in [9.17, 15) is 14.9 Å².